The van der Waals surface area contributed by atoms with Gasteiger partial charge in [0, 0.05) is 25.0 Å². The van der Waals surface area contributed by atoms with Crippen molar-refractivity contribution in [3.05, 3.63) is 53.9 Å². The van der Waals surface area contributed by atoms with Crippen LogP contribution in [0.1, 0.15) is 36.2 Å². The molecule has 0 fully saturated rings. The van der Waals surface area contributed by atoms with E-state index in [1.807, 2.05) is 29.2 Å². The van der Waals surface area contributed by atoms with E-state index in [1.165, 1.54) is 0 Å². The van der Waals surface area contributed by atoms with Gasteiger partial charge in [-0.05, 0) is 37.1 Å². The first-order valence-electron chi connectivity index (χ1n) is 8.29. The summed E-state index contributed by atoms with van der Waals surface area (Å²) in [4.78, 5) is 19.2. The average molecular weight is 326 g/mol. The maximum Gasteiger partial charge on any atom is 0.258 e. The lowest BCUT2D eigenvalue weighted by atomic mass is 10.1. The lowest BCUT2D eigenvalue weighted by Crippen LogP contribution is -2.38. The Balaban J connectivity index is 1.92. The molecule has 0 bridgehead atoms. The van der Waals surface area contributed by atoms with Crippen LogP contribution in [0.15, 0.2) is 42.7 Å². The van der Waals surface area contributed by atoms with Crippen molar-refractivity contribution in [3.8, 4) is 11.5 Å². The van der Waals surface area contributed by atoms with Gasteiger partial charge in [0.15, 0.2) is 11.5 Å². The van der Waals surface area contributed by atoms with Crippen LogP contribution >= 0.6 is 0 Å². The van der Waals surface area contributed by atoms with Gasteiger partial charge in [0.25, 0.3) is 5.91 Å². The second-order valence-electron chi connectivity index (χ2n) is 5.88. The molecular weight excluding hydrogens is 304 g/mol. The minimum atomic E-state index is -0.0458. The van der Waals surface area contributed by atoms with Gasteiger partial charge in [0.2, 0.25) is 0 Å². The summed E-state index contributed by atoms with van der Waals surface area (Å²) in [5, 5.41) is 0. The Bertz CT molecular complexity index is 703. The molecule has 0 aliphatic carbocycles. The van der Waals surface area contributed by atoms with Crippen LogP contribution in [0, 0.1) is 0 Å². The minimum Gasteiger partial charge on any atom is -0.486 e. The fourth-order valence-electron chi connectivity index (χ4n) is 2.73. The van der Waals surface area contributed by atoms with Gasteiger partial charge in [0.1, 0.15) is 13.2 Å². The summed E-state index contributed by atoms with van der Waals surface area (Å²) < 4.78 is 11.3. The van der Waals surface area contributed by atoms with Gasteiger partial charge in [-0.2, -0.15) is 0 Å². The van der Waals surface area contributed by atoms with Gasteiger partial charge in [-0.25, -0.2) is 0 Å². The number of benzene rings is 1. The number of hydrogen-bond donors (Lipinski definition) is 0. The van der Waals surface area contributed by atoms with E-state index >= 15 is 0 Å². The van der Waals surface area contributed by atoms with Gasteiger partial charge in [-0.15, -0.1) is 0 Å². The van der Waals surface area contributed by atoms with Gasteiger partial charge in [-0.1, -0.05) is 19.1 Å². The van der Waals surface area contributed by atoms with Gasteiger partial charge in [-0.3, -0.25) is 9.78 Å². The third-order valence-corrected chi connectivity index (χ3v) is 4.26. The number of para-hydroxylation sites is 1. The van der Waals surface area contributed by atoms with E-state index in [2.05, 4.69) is 18.8 Å². The van der Waals surface area contributed by atoms with Crippen molar-refractivity contribution in [2.45, 2.75) is 32.9 Å². The first-order valence-corrected chi connectivity index (χ1v) is 8.29. The Morgan fingerprint density at radius 1 is 1.25 bits per heavy atom. The van der Waals surface area contributed by atoms with E-state index in [9.17, 15) is 4.79 Å². The highest BCUT2D eigenvalue weighted by Crippen LogP contribution is 2.34. The highest BCUT2D eigenvalue weighted by atomic mass is 16.6. The standard InChI is InChI=1S/C19H22N2O3/c1-3-14(2)21(13-15-6-5-9-20-12-15)19(22)16-7-4-8-17-18(16)24-11-10-23-17/h4-9,12,14H,3,10-11,13H2,1-2H3/t14-/m0/s1. The van der Waals surface area contributed by atoms with E-state index in [0.29, 0.717) is 36.8 Å². The Morgan fingerprint density at radius 2 is 2.08 bits per heavy atom. The van der Waals surface area contributed by atoms with Gasteiger partial charge < -0.3 is 14.4 Å². The van der Waals surface area contributed by atoms with Crippen molar-refractivity contribution in [1.29, 1.82) is 0 Å². The van der Waals surface area contributed by atoms with Gasteiger partial charge >= 0.3 is 0 Å². The molecule has 2 aromatic rings. The number of carbonyl (C=O) groups excluding carboxylic acids is 1. The van der Waals surface area contributed by atoms with Crippen molar-refractivity contribution in [2.24, 2.45) is 0 Å². The van der Waals surface area contributed by atoms with Crippen LogP contribution in [0.2, 0.25) is 0 Å². The summed E-state index contributed by atoms with van der Waals surface area (Å²) >= 11 is 0. The largest absolute Gasteiger partial charge is 0.486 e. The smallest absolute Gasteiger partial charge is 0.258 e. The highest BCUT2D eigenvalue weighted by molar-refractivity contribution is 5.98. The van der Waals surface area contributed by atoms with E-state index in [-0.39, 0.29) is 11.9 Å². The fraction of sp³-hybridized carbons (Fsp3) is 0.368. The molecule has 2 heterocycles. The highest BCUT2D eigenvalue weighted by Gasteiger charge is 2.26. The van der Waals surface area contributed by atoms with Crippen LogP contribution < -0.4 is 9.47 Å². The van der Waals surface area contributed by atoms with Crippen LogP contribution in [0.3, 0.4) is 0 Å². The number of hydrogen-bond acceptors (Lipinski definition) is 4. The minimum absolute atomic E-state index is 0.0458. The quantitative estimate of drug-likeness (QED) is 0.846. The molecule has 5 nitrogen and oxygen atoms in total. The summed E-state index contributed by atoms with van der Waals surface area (Å²) in [6, 6.07) is 9.44. The molecule has 24 heavy (non-hydrogen) atoms. The lowest BCUT2D eigenvalue weighted by Gasteiger charge is -2.30. The number of pyridine rings is 1. The van der Waals surface area contributed by atoms with E-state index in [4.69, 9.17) is 9.47 Å². The molecule has 1 aromatic carbocycles. The summed E-state index contributed by atoms with van der Waals surface area (Å²) in [5.41, 5.74) is 1.56. The van der Waals surface area contributed by atoms with Crippen molar-refractivity contribution >= 4 is 5.91 Å². The topological polar surface area (TPSA) is 51.7 Å². The second-order valence-corrected chi connectivity index (χ2v) is 5.88. The molecule has 0 saturated carbocycles. The normalized spacial score (nSPS) is 14.1. The zero-order chi connectivity index (χ0) is 16.9. The maximum atomic E-state index is 13.2. The zero-order valence-electron chi connectivity index (χ0n) is 14.1. The van der Waals surface area contributed by atoms with Crippen molar-refractivity contribution in [1.82, 2.24) is 9.88 Å². The fourth-order valence-corrected chi connectivity index (χ4v) is 2.73. The summed E-state index contributed by atoms with van der Waals surface area (Å²) in [7, 11) is 0. The lowest BCUT2D eigenvalue weighted by molar-refractivity contribution is 0.0661. The predicted octanol–water partition coefficient (Wildman–Crippen LogP) is 3.29. The number of carbonyl (C=O) groups is 1. The Kier molecular flexibility index (Phi) is 4.99. The van der Waals surface area contributed by atoms with Crippen LogP contribution in [0.25, 0.3) is 0 Å². The van der Waals surface area contributed by atoms with Crippen LogP contribution in [-0.2, 0) is 6.54 Å². The number of ether oxygens (including phenoxy) is 2. The molecule has 0 saturated heterocycles. The van der Waals surface area contributed by atoms with Crippen molar-refractivity contribution in [2.75, 3.05) is 13.2 Å². The molecule has 0 spiro atoms. The number of rotatable bonds is 5. The molecule has 1 aliphatic heterocycles. The van der Waals surface area contributed by atoms with Crippen LogP contribution in [0.4, 0.5) is 0 Å². The molecule has 3 rings (SSSR count). The number of amides is 1. The third-order valence-electron chi connectivity index (χ3n) is 4.26. The Morgan fingerprint density at radius 3 is 2.83 bits per heavy atom. The summed E-state index contributed by atoms with van der Waals surface area (Å²) in [6.07, 6.45) is 4.40. The number of fused-ring (bicyclic) bond motifs is 1. The molecule has 0 unspecified atom stereocenters. The van der Waals surface area contributed by atoms with E-state index in [1.54, 1.807) is 18.5 Å². The molecule has 126 valence electrons. The second kappa shape index (κ2) is 7.34. The summed E-state index contributed by atoms with van der Waals surface area (Å²) in [5.74, 6) is 1.14. The van der Waals surface area contributed by atoms with Crippen molar-refractivity contribution < 1.29 is 14.3 Å². The average Bonchev–Trinajstić information content (AvgIpc) is 2.65. The molecule has 1 amide bonds. The predicted molar refractivity (Wildman–Crippen MR) is 91.3 cm³/mol. The molecule has 1 atom stereocenters. The zero-order valence-corrected chi connectivity index (χ0v) is 14.1. The summed E-state index contributed by atoms with van der Waals surface area (Å²) in [6.45, 7) is 5.63. The molecule has 1 aliphatic rings. The monoisotopic (exact) mass is 326 g/mol. The van der Waals surface area contributed by atoms with E-state index < -0.39 is 0 Å². The molecular formula is C19H22N2O3. The first-order chi connectivity index (χ1) is 11.7. The molecule has 0 radical (unpaired) electrons. The van der Waals surface area contributed by atoms with Crippen LogP contribution in [-0.4, -0.2) is 35.0 Å². The van der Waals surface area contributed by atoms with E-state index in [0.717, 1.165) is 12.0 Å². The Labute approximate surface area is 142 Å². The van der Waals surface area contributed by atoms with Crippen LogP contribution in [0.5, 0.6) is 11.5 Å². The Hall–Kier alpha value is -2.56. The van der Waals surface area contributed by atoms with Gasteiger partial charge in [0.05, 0.1) is 5.56 Å². The molecule has 5 heteroatoms. The molecule has 0 N–H and O–H groups in total. The number of nitrogens with zero attached hydrogens (tertiary/aromatic N) is 2. The SMILES string of the molecule is CC[C@H](C)N(Cc1cccnc1)C(=O)c1cccc2c1OCCO2. The molecule has 1 aromatic heterocycles. The first kappa shape index (κ1) is 16.3. The maximum absolute atomic E-state index is 13.2. The number of aromatic nitrogens is 1. The third kappa shape index (κ3) is 3.35. The van der Waals surface area contributed by atoms with Crippen molar-refractivity contribution in [3.63, 3.8) is 0 Å².